The van der Waals surface area contributed by atoms with Crippen LogP contribution < -0.4 is 5.32 Å². The molecule has 7 nitrogen and oxygen atoms in total. The molecule has 136 valence electrons. The summed E-state index contributed by atoms with van der Waals surface area (Å²) >= 11 is 1.60. The Kier molecular flexibility index (Phi) is 4.96. The van der Waals surface area contributed by atoms with Crippen LogP contribution in [0.2, 0.25) is 0 Å². The highest BCUT2D eigenvalue weighted by Crippen LogP contribution is 2.22. The van der Waals surface area contributed by atoms with Crippen molar-refractivity contribution >= 4 is 22.2 Å². The van der Waals surface area contributed by atoms with Crippen LogP contribution in [-0.2, 0) is 16.1 Å². The molecule has 3 aromatic heterocycles. The second-order valence-corrected chi connectivity index (χ2v) is 7.15. The minimum absolute atomic E-state index is 0.0343. The molecular weight excluding hydrogens is 350 g/mol. The van der Waals surface area contributed by atoms with Gasteiger partial charge in [0.1, 0.15) is 6.04 Å². The van der Waals surface area contributed by atoms with Crippen molar-refractivity contribution in [3.63, 3.8) is 0 Å². The van der Waals surface area contributed by atoms with Gasteiger partial charge >= 0.3 is 0 Å². The summed E-state index contributed by atoms with van der Waals surface area (Å²) in [4.78, 5) is 24.8. The van der Waals surface area contributed by atoms with Gasteiger partial charge in [-0.25, -0.2) is 4.98 Å². The highest BCUT2D eigenvalue weighted by atomic mass is 32.1. The van der Waals surface area contributed by atoms with Gasteiger partial charge in [0.2, 0.25) is 5.91 Å². The Morgan fingerprint density at radius 2 is 2.27 bits per heavy atom. The van der Waals surface area contributed by atoms with Crippen molar-refractivity contribution in [2.75, 3.05) is 26.3 Å². The van der Waals surface area contributed by atoms with Crippen LogP contribution in [0.3, 0.4) is 0 Å². The predicted octanol–water partition coefficient (Wildman–Crippen LogP) is 1.79. The van der Waals surface area contributed by atoms with E-state index in [2.05, 4.69) is 25.6 Å². The van der Waals surface area contributed by atoms with Crippen molar-refractivity contribution < 1.29 is 9.53 Å². The van der Waals surface area contributed by atoms with Crippen molar-refractivity contribution in [3.05, 3.63) is 53.1 Å². The first-order chi connectivity index (χ1) is 12.7. The quantitative estimate of drug-likeness (QED) is 0.740. The van der Waals surface area contributed by atoms with E-state index in [1.807, 2.05) is 29.7 Å². The minimum Gasteiger partial charge on any atom is -0.379 e. The number of carbonyl (C=O) groups is 1. The number of carbonyl (C=O) groups excluding carboxylic acids is 1. The number of hydrogen-bond acceptors (Lipinski definition) is 6. The van der Waals surface area contributed by atoms with E-state index in [1.165, 1.54) is 0 Å². The molecule has 0 unspecified atom stereocenters. The first-order valence-corrected chi connectivity index (χ1v) is 9.52. The normalized spacial score (nSPS) is 16.7. The highest BCUT2D eigenvalue weighted by Gasteiger charge is 2.29. The molecule has 1 aliphatic heterocycles. The lowest BCUT2D eigenvalue weighted by Crippen LogP contribution is -2.45. The fourth-order valence-corrected chi connectivity index (χ4v) is 4.07. The van der Waals surface area contributed by atoms with Gasteiger partial charge in [0.05, 0.1) is 25.5 Å². The van der Waals surface area contributed by atoms with E-state index in [4.69, 9.17) is 4.74 Å². The van der Waals surface area contributed by atoms with Gasteiger partial charge in [-0.05, 0) is 18.6 Å². The van der Waals surface area contributed by atoms with Crippen LogP contribution in [0.1, 0.15) is 23.0 Å². The number of amides is 1. The lowest BCUT2D eigenvalue weighted by atomic mass is 10.1. The first-order valence-electron chi connectivity index (χ1n) is 8.64. The maximum Gasteiger partial charge on any atom is 0.242 e. The lowest BCUT2D eigenvalue weighted by Gasteiger charge is -2.33. The zero-order valence-electron chi connectivity index (χ0n) is 14.6. The van der Waals surface area contributed by atoms with E-state index in [1.54, 1.807) is 23.7 Å². The Morgan fingerprint density at radius 1 is 1.42 bits per heavy atom. The Balaban J connectivity index is 1.50. The molecule has 1 fully saturated rings. The average molecular weight is 371 g/mol. The SMILES string of the molecule is Cc1csc2nc(CNC(=O)[C@@H](c3cccnc3)N3CCOCC3)cn12. The zero-order chi connectivity index (χ0) is 17.9. The van der Waals surface area contributed by atoms with Crippen LogP contribution in [0.15, 0.2) is 36.1 Å². The summed E-state index contributed by atoms with van der Waals surface area (Å²) in [6.07, 6.45) is 5.46. The Morgan fingerprint density at radius 3 is 3.00 bits per heavy atom. The van der Waals surface area contributed by atoms with Gasteiger partial charge in [0.15, 0.2) is 4.96 Å². The molecule has 1 atom stereocenters. The molecule has 1 saturated heterocycles. The molecule has 1 aliphatic rings. The zero-order valence-corrected chi connectivity index (χ0v) is 15.4. The van der Waals surface area contributed by atoms with E-state index < -0.39 is 0 Å². The number of imidazole rings is 1. The topological polar surface area (TPSA) is 71.8 Å². The molecule has 1 N–H and O–H groups in total. The summed E-state index contributed by atoms with van der Waals surface area (Å²) in [5.41, 5.74) is 2.91. The fraction of sp³-hybridized carbons (Fsp3) is 0.389. The first kappa shape index (κ1) is 17.1. The average Bonchev–Trinajstić information content (AvgIpc) is 3.24. The van der Waals surface area contributed by atoms with Crippen molar-refractivity contribution in [1.29, 1.82) is 0 Å². The van der Waals surface area contributed by atoms with E-state index in [9.17, 15) is 4.79 Å². The summed E-state index contributed by atoms with van der Waals surface area (Å²) in [5.74, 6) is -0.0343. The van der Waals surface area contributed by atoms with Crippen LogP contribution in [0.5, 0.6) is 0 Å². The standard InChI is InChI=1S/C18H21N5O2S/c1-13-12-26-18-21-15(11-23(13)18)10-20-17(24)16(14-3-2-4-19-9-14)22-5-7-25-8-6-22/h2-4,9,11-12,16H,5-8,10H2,1H3,(H,20,24)/t16-/m1/s1. The number of pyridine rings is 1. The minimum atomic E-state index is -0.363. The highest BCUT2D eigenvalue weighted by molar-refractivity contribution is 7.15. The van der Waals surface area contributed by atoms with Crippen LogP contribution in [0.4, 0.5) is 0 Å². The molecule has 26 heavy (non-hydrogen) atoms. The number of aryl methyl sites for hydroxylation is 1. The largest absolute Gasteiger partial charge is 0.379 e. The Bertz CT molecular complexity index is 886. The molecule has 8 heteroatoms. The maximum absolute atomic E-state index is 13.0. The van der Waals surface area contributed by atoms with Crippen molar-refractivity contribution in [2.24, 2.45) is 0 Å². The van der Waals surface area contributed by atoms with Gasteiger partial charge in [-0.15, -0.1) is 11.3 Å². The number of rotatable bonds is 5. The molecule has 0 spiro atoms. The summed E-state index contributed by atoms with van der Waals surface area (Å²) in [6, 6.07) is 3.45. The van der Waals surface area contributed by atoms with E-state index in [0.717, 1.165) is 35.0 Å². The summed E-state index contributed by atoms with van der Waals surface area (Å²) in [6.45, 7) is 5.19. The third-order valence-corrected chi connectivity index (χ3v) is 5.50. The van der Waals surface area contributed by atoms with Crippen LogP contribution in [-0.4, -0.2) is 51.5 Å². The third kappa shape index (κ3) is 3.48. The van der Waals surface area contributed by atoms with E-state index >= 15 is 0 Å². The summed E-state index contributed by atoms with van der Waals surface area (Å²) in [7, 11) is 0. The molecule has 0 radical (unpaired) electrons. The van der Waals surface area contributed by atoms with Crippen LogP contribution in [0.25, 0.3) is 4.96 Å². The lowest BCUT2D eigenvalue weighted by molar-refractivity contribution is -0.128. The monoisotopic (exact) mass is 371 g/mol. The molecule has 0 bridgehead atoms. The molecule has 3 aromatic rings. The molecule has 0 aliphatic carbocycles. The number of hydrogen-bond donors (Lipinski definition) is 1. The number of nitrogens with zero attached hydrogens (tertiary/aromatic N) is 4. The van der Waals surface area contributed by atoms with Crippen molar-refractivity contribution in [2.45, 2.75) is 19.5 Å². The number of fused-ring (bicyclic) bond motifs is 1. The van der Waals surface area contributed by atoms with Gasteiger partial charge in [0.25, 0.3) is 0 Å². The number of ether oxygens (including phenoxy) is 1. The molecular formula is C18H21N5O2S. The molecule has 4 heterocycles. The number of thiazole rings is 1. The smallest absolute Gasteiger partial charge is 0.242 e. The van der Waals surface area contributed by atoms with E-state index in [0.29, 0.717) is 19.8 Å². The number of morpholine rings is 1. The molecule has 1 amide bonds. The summed E-state index contributed by atoms with van der Waals surface area (Å²) < 4.78 is 7.48. The second-order valence-electron chi connectivity index (χ2n) is 6.32. The van der Waals surface area contributed by atoms with Gasteiger partial charge in [-0.3, -0.25) is 19.1 Å². The molecule has 0 aromatic carbocycles. The van der Waals surface area contributed by atoms with E-state index in [-0.39, 0.29) is 11.9 Å². The number of nitrogens with one attached hydrogen (secondary N) is 1. The Labute approximate surface area is 155 Å². The molecule has 4 rings (SSSR count). The second kappa shape index (κ2) is 7.53. The predicted molar refractivity (Wildman–Crippen MR) is 99.0 cm³/mol. The van der Waals surface area contributed by atoms with Gasteiger partial charge < -0.3 is 10.1 Å². The van der Waals surface area contributed by atoms with Gasteiger partial charge in [0, 0.05) is 42.8 Å². The van der Waals surface area contributed by atoms with Crippen molar-refractivity contribution in [1.82, 2.24) is 24.6 Å². The maximum atomic E-state index is 13.0. The fourth-order valence-electron chi connectivity index (χ4n) is 3.20. The Hall–Kier alpha value is -2.29. The van der Waals surface area contributed by atoms with Crippen LogP contribution in [0, 0.1) is 6.92 Å². The summed E-state index contributed by atoms with van der Waals surface area (Å²) in [5, 5.41) is 5.12. The van der Waals surface area contributed by atoms with Crippen molar-refractivity contribution in [3.8, 4) is 0 Å². The molecule has 0 saturated carbocycles. The van der Waals surface area contributed by atoms with Gasteiger partial charge in [-0.2, -0.15) is 0 Å². The third-order valence-electron chi connectivity index (χ3n) is 4.54. The number of aromatic nitrogens is 3. The van der Waals surface area contributed by atoms with Gasteiger partial charge in [-0.1, -0.05) is 6.07 Å². The van der Waals surface area contributed by atoms with Crippen LogP contribution >= 0.6 is 11.3 Å².